The molecule has 0 saturated heterocycles. The van der Waals surface area contributed by atoms with Gasteiger partial charge in [0.05, 0.1) is 29.1 Å². The Labute approximate surface area is 186 Å². The van der Waals surface area contributed by atoms with E-state index in [-0.39, 0.29) is 5.92 Å². The molecule has 1 N–H and O–H groups in total. The maximum Gasteiger partial charge on any atom is 0.145 e. The molecular formula is C24H27ClN2O2S. The summed E-state index contributed by atoms with van der Waals surface area (Å²) in [4.78, 5) is 0. The maximum atomic E-state index is 10.6. The zero-order valence-electron chi connectivity index (χ0n) is 17.6. The predicted octanol–water partition coefficient (Wildman–Crippen LogP) is 7.39. The van der Waals surface area contributed by atoms with Gasteiger partial charge in [-0.1, -0.05) is 31.5 Å². The molecule has 1 aliphatic rings. The van der Waals surface area contributed by atoms with Crippen molar-refractivity contribution in [2.75, 3.05) is 6.61 Å². The van der Waals surface area contributed by atoms with Crippen LogP contribution in [-0.2, 0) is 0 Å². The van der Waals surface area contributed by atoms with Crippen LogP contribution in [0.25, 0.3) is 22.2 Å². The molecule has 1 atom stereocenters. The van der Waals surface area contributed by atoms with Gasteiger partial charge in [0.25, 0.3) is 0 Å². The molecule has 4 rings (SSSR count). The Bertz CT molecular complexity index is 1070. The van der Waals surface area contributed by atoms with Crippen LogP contribution in [0.5, 0.6) is 5.75 Å². The zero-order chi connectivity index (χ0) is 21.3. The van der Waals surface area contributed by atoms with Crippen LogP contribution in [0.1, 0.15) is 51.5 Å². The van der Waals surface area contributed by atoms with Crippen molar-refractivity contribution in [2.45, 2.75) is 46.0 Å². The van der Waals surface area contributed by atoms with Gasteiger partial charge in [0.15, 0.2) is 0 Å². The molecule has 1 aromatic heterocycles. The van der Waals surface area contributed by atoms with Crippen molar-refractivity contribution in [1.82, 2.24) is 8.75 Å². The maximum absolute atomic E-state index is 10.6. The van der Waals surface area contributed by atoms with Crippen molar-refractivity contribution in [1.29, 1.82) is 0 Å². The third-order valence-electron chi connectivity index (χ3n) is 5.55. The lowest BCUT2D eigenvalue weighted by molar-refractivity contribution is 0.301. The van der Waals surface area contributed by atoms with E-state index in [2.05, 4.69) is 28.7 Å². The van der Waals surface area contributed by atoms with Gasteiger partial charge in [-0.25, -0.2) is 0 Å². The minimum Gasteiger partial charge on any atom is -0.512 e. The largest absolute Gasteiger partial charge is 0.512 e. The van der Waals surface area contributed by atoms with Crippen LogP contribution in [0.3, 0.4) is 0 Å². The standard InChI is InChI=1S/C24H27ClN2O2S/c1-4-23(28)18(9-14(2)3)17-10-19(16-7-8-21-22(12-16)27-30-26-21)24(20(25)11-17)29-13-15-5-6-15/h4,7-8,10-12,14-15,18,28H,5-6,9,13H2,1-3H3. The molecule has 1 unspecified atom stereocenters. The molecule has 0 spiro atoms. The van der Waals surface area contributed by atoms with Crippen LogP contribution < -0.4 is 4.74 Å². The van der Waals surface area contributed by atoms with Gasteiger partial charge < -0.3 is 9.84 Å². The van der Waals surface area contributed by atoms with E-state index in [4.69, 9.17) is 16.3 Å². The van der Waals surface area contributed by atoms with Crippen LogP contribution in [0, 0.1) is 11.8 Å². The Morgan fingerprint density at radius 3 is 2.70 bits per heavy atom. The fraction of sp³-hybridized carbons (Fsp3) is 0.417. The third-order valence-corrected chi connectivity index (χ3v) is 6.39. The Morgan fingerprint density at radius 1 is 1.23 bits per heavy atom. The molecule has 3 aromatic rings. The number of halogens is 1. The number of hydrogen-bond acceptors (Lipinski definition) is 5. The molecule has 1 fully saturated rings. The summed E-state index contributed by atoms with van der Waals surface area (Å²) in [6, 6.07) is 10.1. The SMILES string of the molecule is CC=C(O)C(CC(C)C)c1cc(Cl)c(OCC2CC2)c(-c2ccc3nsnc3c2)c1. The second kappa shape index (κ2) is 8.94. The first-order valence-electron chi connectivity index (χ1n) is 10.5. The normalized spacial score (nSPS) is 15.7. The second-order valence-corrected chi connectivity index (χ2v) is 9.43. The number of aliphatic hydroxyl groups is 1. The van der Waals surface area contributed by atoms with E-state index < -0.39 is 0 Å². The summed E-state index contributed by atoms with van der Waals surface area (Å²) in [6.45, 7) is 6.87. The highest BCUT2D eigenvalue weighted by atomic mass is 35.5. The van der Waals surface area contributed by atoms with Crippen molar-refractivity contribution >= 4 is 34.4 Å². The van der Waals surface area contributed by atoms with Gasteiger partial charge in [-0.3, -0.25) is 0 Å². The van der Waals surface area contributed by atoms with Crippen LogP contribution in [0.15, 0.2) is 42.2 Å². The smallest absolute Gasteiger partial charge is 0.145 e. The summed E-state index contributed by atoms with van der Waals surface area (Å²) in [6.07, 6.45) is 5.04. The van der Waals surface area contributed by atoms with Crippen molar-refractivity contribution < 1.29 is 9.84 Å². The van der Waals surface area contributed by atoms with E-state index in [1.807, 2.05) is 31.2 Å². The summed E-state index contributed by atoms with van der Waals surface area (Å²) in [5.74, 6) is 2.03. The number of rotatable bonds is 8. The number of aromatic nitrogens is 2. The quantitative estimate of drug-likeness (QED) is 0.369. The molecule has 30 heavy (non-hydrogen) atoms. The number of fused-ring (bicyclic) bond motifs is 1. The summed E-state index contributed by atoms with van der Waals surface area (Å²) in [5, 5.41) is 11.2. The lowest BCUT2D eigenvalue weighted by atomic mass is 9.86. The molecule has 6 heteroatoms. The Kier molecular flexibility index (Phi) is 6.30. The van der Waals surface area contributed by atoms with Gasteiger partial charge >= 0.3 is 0 Å². The second-order valence-electron chi connectivity index (χ2n) is 8.50. The van der Waals surface area contributed by atoms with Gasteiger partial charge in [0.1, 0.15) is 16.8 Å². The van der Waals surface area contributed by atoms with Gasteiger partial charge in [-0.05, 0) is 79.5 Å². The van der Waals surface area contributed by atoms with Gasteiger partial charge in [-0.15, -0.1) is 0 Å². The first-order valence-corrected chi connectivity index (χ1v) is 11.6. The number of hydrogen-bond donors (Lipinski definition) is 1. The van der Waals surface area contributed by atoms with Crippen LogP contribution in [0.4, 0.5) is 0 Å². The van der Waals surface area contributed by atoms with E-state index >= 15 is 0 Å². The molecule has 1 saturated carbocycles. The summed E-state index contributed by atoms with van der Waals surface area (Å²) >= 11 is 7.97. The fourth-order valence-corrected chi connectivity index (χ4v) is 4.51. The molecule has 0 amide bonds. The molecule has 0 bridgehead atoms. The first-order chi connectivity index (χ1) is 14.5. The number of benzene rings is 2. The van der Waals surface area contributed by atoms with Gasteiger partial charge in [0.2, 0.25) is 0 Å². The highest BCUT2D eigenvalue weighted by Crippen LogP contribution is 2.43. The number of ether oxygens (including phenoxy) is 1. The van der Waals surface area contributed by atoms with E-state index in [1.165, 1.54) is 24.6 Å². The first kappa shape index (κ1) is 21.1. The van der Waals surface area contributed by atoms with E-state index in [0.29, 0.717) is 35.0 Å². The van der Waals surface area contributed by atoms with E-state index in [9.17, 15) is 5.11 Å². The molecule has 1 heterocycles. The van der Waals surface area contributed by atoms with Crippen molar-refractivity contribution in [3.63, 3.8) is 0 Å². The van der Waals surface area contributed by atoms with Crippen molar-refractivity contribution in [3.8, 4) is 16.9 Å². The Balaban J connectivity index is 1.82. The molecule has 0 radical (unpaired) electrons. The Hall–Kier alpha value is -2.11. The van der Waals surface area contributed by atoms with Crippen molar-refractivity contribution in [2.24, 2.45) is 11.8 Å². The molecule has 2 aromatic carbocycles. The predicted molar refractivity (Wildman–Crippen MR) is 125 cm³/mol. The minimum atomic E-state index is -0.103. The molecule has 4 nitrogen and oxygen atoms in total. The molecule has 158 valence electrons. The number of aliphatic hydroxyl groups excluding tert-OH is 1. The highest BCUT2D eigenvalue weighted by Gasteiger charge is 2.25. The molecule has 0 aliphatic heterocycles. The number of allylic oxidation sites excluding steroid dienone is 2. The average molecular weight is 443 g/mol. The zero-order valence-corrected chi connectivity index (χ0v) is 19.1. The van der Waals surface area contributed by atoms with Crippen LogP contribution >= 0.6 is 23.3 Å². The van der Waals surface area contributed by atoms with E-state index in [1.54, 1.807) is 6.08 Å². The summed E-state index contributed by atoms with van der Waals surface area (Å²) in [7, 11) is 0. The molecular weight excluding hydrogens is 416 g/mol. The Morgan fingerprint density at radius 2 is 2.00 bits per heavy atom. The fourth-order valence-electron chi connectivity index (χ4n) is 3.71. The lowest BCUT2D eigenvalue weighted by Gasteiger charge is -2.22. The van der Waals surface area contributed by atoms with Gasteiger partial charge in [-0.2, -0.15) is 8.75 Å². The summed E-state index contributed by atoms with van der Waals surface area (Å²) in [5.41, 5.74) is 4.67. The average Bonchev–Trinajstić information content (AvgIpc) is 3.44. The highest BCUT2D eigenvalue weighted by molar-refractivity contribution is 7.00. The van der Waals surface area contributed by atoms with Gasteiger partial charge in [0, 0.05) is 11.5 Å². The minimum absolute atomic E-state index is 0.103. The van der Waals surface area contributed by atoms with Crippen molar-refractivity contribution in [3.05, 3.63) is 52.8 Å². The summed E-state index contributed by atoms with van der Waals surface area (Å²) < 4.78 is 14.9. The van der Waals surface area contributed by atoms with E-state index in [0.717, 1.165) is 34.1 Å². The molecule has 1 aliphatic carbocycles. The van der Waals surface area contributed by atoms with Crippen LogP contribution in [0.2, 0.25) is 5.02 Å². The topological polar surface area (TPSA) is 55.2 Å². The lowest BCUT2D eigenvalue weighted by Crippen LogP contribution is -2.08. The number of nitrogens with zero attached hydrogens (tertiary/aromatic N) is 2. The monoisotopic (exact) mass is 442 g/mol. The van der Waals surface area contributed by atoms with Crippen LogP contribution in [-0.4, -0.2) is 20.5 Å². The third kappa shape index (κ3) is 4.62.